The third kappa shape index (κ3) is 2.38. The highest BCUT2D eigenvalue weighted by Crippen LogP contribution is 2.34. The van der Waals surface area contributed by atoms with E-state index < -0.39 is 0 Å². The molecular weight excluding hydrogens is 328 g/mol. The number of fused-ring (bicyclic) bond motifs is 3. The van der Waals surface area contributed by atoms with Gasteiger partial charge in [0, 0.05) is 43.1 Å². The van der Waals surface area contributed by atoms with Gasteiger partial charge >= 0.3 is 0 Å². The van der Waals surface area contributed by atoms with Gasteiger partial charge in [-0.2, -0.15) is 4.98 Å². The van der Waals surface area contributed by atoms with Crippen molar-refractivity contribution in [1.82, 2.24) is 19.7 Å². The van der Waals surface area contributed by atoms with Crippen molar-refractivity contribution < 1.29 is 8.94 Å². The van der Waals surface area contributed by atoms with Crippen LogP contribution in [0.5, 0.6) is 0 Å². The molecule has 3 heterocycles. The zero-order chi connectivity index (χ0) is 17.5. The van der Waals surface area contributed by atoms with Crippen LogP contribution in [-0.4, -0.2) is 19.7 Å². The summed E-state index contributed by atoms with van der Waals surface area (Å²) >= 11 is 0. The molecular formula is C20H16N4O2. The zero-order valence-corrected chi connectivity index (χ0v) is 14.2. The van der Waals surface area contributed by atoms with E-state index >= 15 is 0 Å². The van der Waals surface area contributed by atoms with E-state index in [9.17, 15) is 0 Å². The van der Waals surface area contributed by atoms with Crippen molar-refractivity contribution in [2.45, 2.75) is 19.9 Å². The molecule has 0 fully saturated rings. The molecule has 0 aliphatic carbocycles. The van der Waals surface area contributed by atoms with Crippen molar-refractivity contribution >= 4 is 21.9 Å². The van der Waals surface area contributed by atoms with Crippen LogP contribution in [0.1, 0.15) is 11.7 Å². The predicted molar refractivity (Wildman–Crippen MR) is 97.7 cm³/mol. The first kappa shape index (κ1) is 14.9. The molecule has 0 N–H and O–H groups in total. The van der Waals surface area contributed by atoms with Crippen molar-refractivity contribution in [3.63, 3.8) is 0 Å². The molecule has 128 valence electrons. The van der Waals surface area contributed by atoms with Gasteiger partial charge in [-0.15, -0.1) is 0 Å². The first-order valence-corrected chi connectivity index (χ1v) is 8.50. The molecule has 0 radical (unpaired) electrons. The Morgan fingerprint density at radius 2 is 1.92 bits per heavy atom. The average Bonchev–Trinajstić information content (AvgIpc) is 3.37. The second kappa shape index (κ2) is 5.84. The Labute approximate surface area is 149 Å². The van der Waals surface area contributed by atoms with E-state index in [1.54, 1.807) is 13.1 Å². The second-order valence-corrected chi connectivity index (χ2v) is 6.20. The Hall–Kier alpha value is -3.41. The van der Waals surface area contributed by atoms with E-state index in [-0.39, 0.29) is 0 Å². The van der Waals surface area contributed by atoms with E-state index in [0.29, 0.717) is 24.7 Å². The van der Waals surface area contributed by atoms with Gasteiger partial charge in [0.05, 0.1) is 5.56 Å². The predicted octanol–water partition coefficient (Wildman–Crippen LogP) is 4.38. The lowest BCUT2D eigenvalue weighted by Gasteiger charge is -2.07. The summed E-state index contributed by atoms with van der Waals surface area (Å²) in [5.41, 5.74) is 2.72. The highest BCUT2D eigenvalue weighted by molar-refractivity contribution is 6.08. The monoisotopic (exact) mass is 344 g/mol. The highest BCUT2D eigenvalue weighted by Gasteiger charge is 2.15. The third-order valence-corrected chi connectivity index (χ3v) is 4.51. The van der Waals surface area contributed by atoms with Gasteiger partial charge in [0.15, 0.2) is 5.82 Å². The average molecular weight is 344 g/mol. The number of imidazole rings is 1. The molecule has 0 aliphatic rings. The van der Waals surface area contributed by atoms with Crippen molar-refractivity contribution in [3.8, 4) is 11.4 Å². The molecule has 3 aromatic heterocycles. The summed E-state index contributed by atoms with van der Waals surface area (Å²) in [6.45, 7) is 2.51. The van der Waals surface area contributed by atoms with Crippen LogP contribution in [-0.2, 0) is 13.0 Å². The molecule has 0 atom stereocenters. The minimum Gasteiger partial charge on any atom is -0.455 e. The van der Waals surface area contributed by atoms with Gasteiger partial charge in [-0.3, -0.25) is 0 Å². The summed E-state index contributed by atoms with van der Waals surface area (Å²) in [4.78, 5) is 8.82. The largest absolute Gasteiger partial charge is 0.455 e. The zero-order valence-electron chi connectivity index (χ0n) is 14.2. The number of aryl methyl sites for hydroxylation is 3. The Bertz CT molecular complexity index is 1210. The van der Waals surface area contributed by atoms with E-state index in [4.69, 9.17) is 8.94 Å². The van der Waals surface area contributed by atoms with Crippen molar-refractivity contribution in [1.29, 1.82) is 0 Å². The molecule has 6 nitrogen and oxygen atoms in total. The fourth-order valence-corrected chi connectivity index (χ4v) is 3.32. The maximum atomic E-state index is 6.14. The van der Waals surface area contributed by atoms with Gasteiger partial charge in [-0.1, -0.05) is 35.5 Å². The summed E-state index contributed by atoms with van der Waals surface area (Å²) in [6, 6.07) is 14.2. The van der Waals surface area contributed by atoms with E-state index in [0.717, 1.165) is 33.3 Å². The van der Waals surface area contributed by atoms with Gasteiger partial charge in [0.1, 0.15) is 17.0 Å². The van der Waals surface area contributed by atoms with Crippen LogP contribution >= 0.6 is 0 Å². The summed E-state index contributed by atoms with van der Waals surface area (Å²) in [5, 5.41) is 6.17. The fraction of sp³-hybridized carbons (Fsp3) is 0.150. The van der Waals surface area contributed by atoms with Gasteiger partial charge in [0.25, 0.3) is 0 Å². The molecule has 0 saturated carbocycles. The fourth-order valence-electron chi connectivity index (χ4n) is 3.32. The quantitative estimate of drug-likeness (QED) is 0.484. The maximum Gasteiger partial charge on any atom is 0.223 e. The molecule has 5 aromatic rings. The number of hydrogen-bond acceptors (Lipinski definition) is 5. The van der Waals surface area contributed by atoms with Crippen molar-refractivity contribution in [2.24, 2.45) is 0 Å². The first-order chi connectivity index (χ1) is 12.8. The van der Waals surface area contributed by atoms with Crippen LogP contribution in [0, 0.1) is 6.92 Å². The normalized spacial score (nSPS) is 11.6. The molecule has 0 unspecified atom stereocenters. The summed E-state index contributed by atoms with van der Waals surface area (Å²) in [7, 11) is 0. The number of rotatable bonds is 4. The Kier molecular flexibility index (Phi) is 3.35. The lowest BCUT2D eigenvalue weighted by Crippen LogP contribution is -2.03. The van der Waals surface area contributed by atoms with Crippen LogP contribution in [0.2, 0.25) is 0 Å². The Balaban J connectivity index is 1.57. The molecule has 5 rings (SSSR count). The Morgan fingerprint density at radius 3 is 2.81 bits per heavy atom. The number of aromatic nitrogens is 4. The van der Waals surface area contributed by atoms with Gasteiger partial charge < -0.3 is 13.5 Å². The lowest BCUT2D eigenvalue weighted by atomic mass is 10.1. The van der Waals surface area contributed by atoms with Crippen molar-refractivity contribution in [2.75, 3.05) is 0 Å². The number of furan rings is 1. The minimum atomic E-state index is 0.581. The third-order valence-electron chi connectivity index (χ3n) is 4.51. The Morgan fingerprint density at radius 1 is 1.04 bits per heavy atom. The number of benzene rings is 2. The van der Waals surface area contributed by atoms with Crippen LogP contribution in [0.15, 0.2) is 63.8 Å². The van der Waals surface area contributed by atoms with Gasteiger partial charge in [-0.05, 0) is 12.1 Å². The standard InChI is InChI=1S/C20H16N4O2/c1-13-22-18(23-26-13)9-11-24-12-10-21-20(24)16-7-4-6-15-14-5-2-3-8-17(14)25-19(15)16/h2-8,10,12H,9,11H2,1H3. The summed E-state index contributed by atoms with van der Waals surface area (Å²) < 4.78 is 13.3. The number of hydrogen-bond donors (Lipinski definition) is 0. The summed E-state index contributed by atoms with van der Waals surface area (Å²) in [5.74, 6) is 2.15. The molecule has 0 amide bonds. The molecule has 6 heteroatoms. The minimum absolute atomic E-state index is 0.581. The number of nitrogens with zero attached hydrogens (tertiary/aromatic N) is 4. The molecule has 0 aliphatic heterocycles. The molecule has 0 saturated heterocycles. The van der Waals surface area contributed by atoms with Crippen LogP contribution in [0.3, 0.4) is 0 Å². The van der Waals surface area contributed by atoms with Gasteiger partial charge in [0.2, 0.25) is 5.89 Å². The maximum absolute atomic E-state index is 6.14. The second-order valence-electron chi connectivity index (χ2n) is 6.20. The van der Waals surface area contributed by atoms with E-state index in [1.807, 2.05) is 36.5 Å². The van der Waals surface area contributed by atoms with E-state index in [2.05, 4.69) is 31.8 Å². The topological polar surface area (TPSA) is 69.9 Å². The number of para-hydroxylation sites is 2. The SMILES string of the molecule is Cc1nc(CCn2ccnc2-c2cccc3c2oc2ccccc23)no1. The highest BCUT2D eigenvalue weighted by atomic mass is 16.5. The van der Waals surface area contributed by atoms with Gasteiger partial charge in [-0.25, -0.2) is 4.98 Å². The molecule has 0 bridgehead atoms. The lowest BCUT2D eigenvalue weighted by molar-refractivity contribution is 0.386. The molecule has 0 spiro atoms. The van der Waals surface area contributed by atoms with Crippen LogP contribution in [0.25, 0.3) is 33.3 Å². The smallest absolute Gasteiger partial charge is 0.223 e. The first-order valence-electron chi connectivity index (χ1n) is 8.50. The van der Waals surface area contributed by atoms with Crippen LogP contribution in [0.4, 0.5) is 0 Å². The van der Waals surface area contributed by atoms with Crippen molar-refractivity contribution in [3.05, 3.63) is 66.6 Å². The summed E-state index contributed by atoms with van der Waals surface area (Å²) in [6.07, 6.45) is 4.44. The van der Waals surface area contributed by atoms with Crippen LogP contribution < -0.4 is 0 Å². The molecule has 2 aromatic carbocycles. The van der Waals surface area contributed by atoms with E-state index in [1.165, 1.54) is 0 Å². The molecule has 26 heavy (non-hydrogen) atoms.